The lowest BCUT2D eigenvalue weighted by Crippen LogP contribution is -2.31. The highest BCUT2D eigenvalue weighted by Gasteiger charge is 2.35. The van der Waals surface area contributed by atoms with E-state index in [1.54, 1.807) is 42.7 Å². The van der Waals surface area contributed by atoms with Gasteiger partial charge in [0.15, 0.2) is 12.4 Å². The van der Waals surface area contributed by atoms with E-state index in [4.69, 9.17) is 9.15 Å². The Kier molecular flexibility index (Phi) is 5.13. The molecule has 9 heteroatoms. The van der Waals surface area contributed by atoms with Crippen LogP contribution >= 0.6 is 11.3 Å². The molecule has 0 radical (unpaired) electrons. The number of hydrazone groups is 1. The second-order valence-corrected chi connectivity index (χ2v) is 7.46. The van der Waals surface area contributed by atoms with Crippen LogP contribution in [-0.2, 0) is 4.79 Å². The summed E-state index contributed by atoms with van der Waals surface area (Å²) in [7, 11) is 0. The minimum Gasteiger partial charge on any atom is -0.477 e. The Morgan fingerprint density at radius 1 is 1.38 bits per heavy atom. The number of carbonyl (C=O) groups is 1. The Bertz CT molecular complexity index is 1060. The zero-order valence-corrected chi connectivity index (χ0v) is 16.3. The maximum Gasteiger partial charge on any atom is 0.311 e. The topological polar surface area (TPSA) is 98.2 Å². The number of nitro groups is 1. The predicted molar refractivity (Wildman–Crippen MR) is 107 cm³/mol. The number of thiophene rings is 1. The van der Waals surface area contributed by atoms with Crippen molar-refractivity contribution in [2.24, 2.45) is 5.10 Å². The summed E-state index contributed by atoms with van der Waals surface area (Å²) in [6, 6.07) is 11.6. The molecule has 1 atom stereocenters. The highest BCUT2D eigenvalue weighted by atomic mass is 32.1. The van der Waals surface area contributed by atoms with E-state index in [0.717, 1.165) is 16.2 Å². The summed E-state index contributed by atoms with van der Waals surface area (Å²) in [4.78, 5) is 24.6. The number of aryl methyl sites for hydroxylation is 1. The molecular formula is C20H17N3O5S. The van der Waals surface area contributed by atoms with Gasteiger partial charge in [-0.2, -0.15) is 5.10 Å². The van der Waals surface area contributed by atoms with Crippen LogP contribution in [0.4, 0.5) is 5.69 Å². The van der Waals surface area contributed by atoms with Gasteiger partial charge in [-0.15, -0.1) is 11.3 Å². The van der Waals surface area contributed by atoms with Crippen molar-refractivity contribution in [2.75, 3.05) is 6.61 Å². The Labute approximate surface area is 170 Å². The lowest BCUT2D eigenvalue weighted by Gasteiger charge is -2.20. The Balaban J connectivity index is 1.55. The molecule has 1 aromatic carbocycles. The van der Waals surface area contributed by atoms with Crippen molar-refractivity contribution in [3.8, 4) is 5.75 Å². The van der Waals surface area contributed by atoms with Crippen LogP contribution in [0.2, 0.25) is 0 Å². The van der Waals surface area contributed by atoms with Gasteiger partial charge in [0.25, 0.3) is 5.91 Å². The molecule has 0 saturated heterocycles. The van der Waals surface area contributed by atoms with Crippen molar-refractivity contribution in [3.63, 3.8) is 0 Å². The summed E-state index contributed by atoms with van der Waals surface area (Å²) in [5, 5.41) is 19.0. The van der Waals surface area contributed by atoms with E-state index in [2.05, 4.69) is 5.10 Å². The van der Waals surface area contributed by atoms with E-state index in [0.29, 0.717) is 12.2 Å². The molecule has 1 aliphatic heterocycles. The third-order valence-electron chi connectivity index (χ3n) is 4.51. The molecule has 1 aliphatic rings. The summed E-state index contributed by atoms with van der Waals surface area (Å²) < 4.78 is 11.0. The normalized spacial score (nSPS) is 16.0. The van der Waals surface area contributed by atoms with E-state index in [1.165, 1.54) is 17.1 Å². The first-order valence-electron chi connectivity index (χ1n) is 8.87. The molecule has 0 aliphatic carbocycles. The maximum absolute atomic E-state index is 12.9. The van der Waals surface area contributed by atoms with Crippen LogP contribution in [-0.4, -0.2) is 28.2 Å². The van der Waals surface area contributed by atoms with Crippen LogP contribution in [0.15, 0.2) is 63.6 Å². The third-order valence-corrected chi connectivity index (χ3v) is 5.42. The van der Waals surface area contributed by atoms with Crippen molar-refractivity contribution in [1.29, 1.82) is 0 Å². The average Bonchev–Trinajstić information content (AvgIpc) is 3.47. The Morgan fingerprint density at radius 3 is 2.93 bits per heavy atom. The first kappa shape index (κ1) is 18.9. The van der Waals surface area contributed by atoms with Crippen LogP contribution in [0, 0.1) is 17.0 Å². The van der Waals surface area contributed by atoms with Gasteiger partial charge in [-0.3, -0.25) is 14.9 Å². The Morgan fingerprint density at radius 2 is 2.24 bits per heavy atom. The highest BCUT2D eigenvalue weighted by molar-refractivity contribution is 7.12. The van der Waals surface area contributed by atoms with Crippen LogP contribution in [0.25, 0.3) is 0 Å². The van der Waals surface area contributed by atoms with E-state index in [9.17, 15) is 14.9 Å². The minimum absolute atomic E-state index is 0.0464. The second kappa shape index (κ2) is 7.88. The van der Waals surface area contributed by atoms with Gasteiger partial charge in [-0.25, -0.2) is 5.01 Å². The molecule has 148 valence electrons. The van der Waals surface area contributed by atoms with Gasteiger partial charge >= 0.3 is 5.69 Å². The lowest BCUT2D eigenvalue weighted by molar-refractivity contribution is -0.385. The number of hydrogen-bond acceptors (Lipinski definition) is 7. The molecule has 4 rings (SSSR count). The molecule has 0 spiro atoms. The molecule has 0 bridgehead atoms. The van der Waals surface area contributed by atoms with Crippen LogP contribution < -0.4 is 4.74 Å². The van der Waals surface area contributed by atoms with E-state index in [-0.39, 0.29) is 24.1 Å². The van der Waals surface area contributed by atoms with Crippen molar-refractivity contribution >= 4 is 28.6 Å². The van der Waals surface area contributed by atoms with Gasteiger partial charge in [0.1, 0.15) is 11.8 Å². The number of rotatable bonds is 6. The van der Waals surface area contributed by atoms with E-state index in [1.807, 2.05) is 17.5 Å². The predicted octanol–water partition coefficient (Wildman–Crippen LogP) is 4.31. The number of amides is 1. The maximum atomic E-state index is 12.9. The molecular weight excluding hydrogens is 394 g/mol. The summed E-state index contributed by atoms with van der Waals surface area (Å²) >= 11 is 1.54. The highest BCUT2D eigenvalue weighted by Crippen LogP contribution is 2.34. The molecule has 3 heterocycles. The van der Waals surface area contributed by atoms with Gasteiger partial charge in [0, 0.05) is 12.5 Å². The van der Waals surface area contributed by atoms with Crippen molar-refractivity contribution < 1.29 is 18.9 Å². The molecule has 0 N–H and O–H groups in total. The molecule has 2 aromatic heterocycles. The zero-order valence-electron chi connectivity index (χ0n) is 15.5. The van der Waals surface area contributed by atoms with Gasteiger partial charge < -0.3 is 9.15 Å². The monoisotopic (exact) mass is 411 g/mol. The second-order valence-electron chi connectivity index (χ2n) is 6.51. The Hall–Kier alpha value is -3.46. The fourth-order valence-electron chi connectivity index (χ4n) is 3.13. The number of carbonyl (C=O) groups excluding carboxylic acids is 1. The van der Waals surface area contributed by atoms with E-state index < -0.39 is 10.8 Å². The standard InChI is InChI=1S/C20H17N3O5S/c1-13-6-7-18(16(10-13)23(25)26)28-12-20(24)22-15(17-4-2-8-27-17)11-14(21-22)19-5-3-9-29-19/h2-10,15H,11-12H2,1H3. The first-order valence-corrected chi connectivity index (χ1v) is 9.75. The summed E-state index contributed by atoms with van der Waals surface area (Å²) in [6.45, 7) is 1.38. The smallest absolute Gasteiger partial charge is 0.311 e. The molecule has 8 nitrogen and oxygen atoms in total. The largest absolute Gasteiger partial charge is 0.477 e. The van der Waals surface area contributed by atoms with Gasteiger partial charge in [-0.05, 0) is 42.1 Å². The number of furan rings is 1. The van der Waals surface area contributed by atoms with Crippen molar-refractivity contribution in [2.45, 2.75) is 19.4 Å². The van der Waals surface area contributed by atoms with Gasteiger partial charge in [-0.1, -0.05) is 12.1 Å². The number of ether oxygens (including phenoxy) is 1. The van der Waals surface area contributed by atoms with Crippen LogP contribution in [0.3, 0.4) is 0 Å². The molecule has 1 unspecified atom stereocenters. The number of nitro benzene ring substituents is 1. The van der Waals surface area contributed by atoms with Crippen molar-refractivity contribution in [1.82, 2.24) is 5.01 Å². The van der Waals surface area contributed by atoms with E-state index >= 15 is 0 Å². The van der Waals surface area contributed by atoms with Crippen LogP contribution in [0.5, 0.6) is 5.75 Å². The number of nitrogens with zero attached hydrogens (tertiary/aromatic N) is 3. The average molecular weight is 411 g/mol. The lowest BCUT2D eigenvalue weighted by atomic mass is 10.1. The molecule has 29 heavy (non-hydrogen) atoms. The fraction of sp³-hybridized carbons (Fsp3) is 0.200. The number of benzene rings is 1. The number of hydrogen-bond donors (Lipinski definition) is 0. The minimum atomic E-state index is -0.526. The van der Waals surface area contributed by atoms with Crippen molar-refractivity contribution in [3.05, 3.63) is 80.4 Å². The molecule has 0 saturated carbocycles. The first-order chi connectivity index (χ1) is 14.0. The molecule has 1 amide bonds. The van der Waals surface area contributed by atoms with Gasteiger partial charge in [0.05, 0.1) is 21.8 Å². The summed E-state index contributed by atoms with van der Waals surface area (Å²) in [6.07, 6.45) is 2.07. The molecule has 3 aromatic rings. The quantitative estimate of drug-likeness (QED) is 0.444. The van der Waals surface area contributed by atoms with Gasteiger partial charge in [0.2, 0.25) is 0 Å². The SMILES string of the molecule is Cc1ccc(OCC(=O)N2N=C(c3cccs3)CC2c2ccco2)c([N+](=O)[O-])c1. The summed E-state index contributed by atoms with van der Waals surface area (Å²) in [5.74, 6) is 0.257. The third kappa shape index (κ3) is 3.90. The zero-order chi connectivity index (χ0) is 20.4. The summed E-state index contributed by atoms with van der Waals surface area (Å²) in [5.41, 5.74) is 1.35. The van der Waals surface area contributed by atoms with Crippen LogP contribution in [0.1, 0.15) is 28.7 Å². The fourth-order valence-corrected chi connectivity index (χ4v) is 3.85. The molecule has 0 fully saturated rings.